The van der Waals surface area contributed by atoms with E-state index in [1.807, 2.05) is 19.9 Å². The fourth-order valence-electron chi connectivity index (χ4n) is 4.79. The van der Waals surface area contributed by atoms with Crippen molar-refractivity contribution in [2.24, 2.45) is 5.92 Å². The number of hydrogen-bond acceptors (Lipinski definition) is 7. The maximum atomic E-state index is 13.8. The van der Waals surface area contributed by atoms with Crippen LogP contribution in [-0.4, -0.2) is 65.9 Å². The largest absolute Gasteiger partial charge is 0.530 e. The van der Waals surface area contributed by atoms with Crippen molar-refractivity contribution in [3.63, 3.8) is 0 Å². The number of carbonyl (C=O) groups excluding carboxylic acids is 3. The highest BCUT2D eigenvalue weighted by Gasteiger charge is 2.33. The summed E-state index contributed by atoms with van der Waals surface area (Å²) in [5.74, 6) is -0.650. The Labute approximate surface area is 258 Å². The molecule has 236 valence electrons. The number of nitrogens with one attached hydrogen (secondary N) is 2. The summed E-state index contributed by atoms with van der Waals surface area (Å²) in [7, 11) is -4.12. The minimum absolute atomic E-state index is 0.0323. The Morgan fingerprint density at radius 2 is 1.32 bits per heavy atom. The molecule has 0 aliphatic rings. The number of hydrogen-bond donors (Lipinski definition) is 3. The van der Waals surface area contributed by atoms with Gasteiger partial charge >= 0.3 is 0 Å². The molecule has 0 aromatic heterocycles. The van der Waals surface area contributed by atoms with Gasteiger partial charge in [0.2, 0.25) is 21.8 Å². The number of aliphatic hydroxyl groups is 1. The van der Waals surface area contributed by atoms with Gasteiger partial charge in [0.1, 0.15) is 6.09 Å². The lowest BCUT2D eigenvalue weighted by Crippen LogP contribution is -2.55. The summed E-state index contributed by atoms with van der Waals surface area (Å²) < 4.78 is 28.7. The number of aliphatic hydroxyl groups excluding tert-OH is 1. The van der Waals surface area contributed by atoms with Crippen LogP contribution in [0.15, 0.2) is 83.8 Å². The first-order valence-corrected chi connectivity index (χ1v) is 15.6. The third kappa shape index (κ3) is 9.90. The summed E-state index contributed by atoms with van der Waals surface area (Å²) in [6, 6.07) is 20.2. The number of amides is 3. The summed E-state index contributed by atoms with van der Waals surface area (Å²) in [6.07, 6.45) is -2.86. The van der Waals surface area contributed by atoms with Crippen molar-refractivity contribution in [2.45, 2.75) is 57.7 Å². The van der Waals surface area contributed by atoms with Crippen LogP contribution in [0.2, 0.25) is 0 Å². The van der Waals surface area contributed by atoms with Crippen molar-refractivity contribution < 1.29 is 33.0 Å². The van der Waals surface area contributed by atoms with E-state index in [0.29, 0.717) is 16.9 Å². The number of carboxylic acid groups (broad SMARTS) is 1. The zero-order valence-corrected chi connectivity index (χ0v) is 26.1. The second-order valence-corrected chi connectivity index (χ2v) is 13.0. The maximum Gasteiger partial charge on any atom is 0.243 e. The van der Waals surface area contributed by atoms with Gasteiger partial charge in [-0.15, -0.1) is 0 Å². The Kier molecular flexibility index (Phi) is 12.0. The normalized spacial score (nSPS) is 12.9. The van der Waals surface area contributed by atoms with Gasteiger partial charge in [-0.25, -0.2) is 8.42 Å². The fourth-order valence-corrected chi connectivity index (χ4v) is 6.41. The molecule has 11 nitrogen and oxygen atoms in total. The highest BCUT2D eigenvalue weighted by Crippen LogP contribution is 2.23. The molecule has 0 aliphatic carbocycles. The van der Waals surface area contributed by atoms with E-state index in [1.54, 1.807) is 48.5 Å². The second-order valence-electron chi connectivity index (χ2n) is 11.0. The molecule has 2 atom stereocenters. The zero-order chi connectivity index (χ0) is 32.4. The van der Waals surface area contributed by atoms with Gasteiger partial charge in [-0.3, -0.25) is 9.59 Å². The van der Waals surface area contributed by atoms with Gasteiger partial charge in [-0.1, -0.05) is 56.3 Å². The van der Waals surface area contributed by atoms with Crippen LogP contribution in [0.1, 0.15) is 38.8 Å². The average Bonchev–Trinajstić information content (AvgIpc) is 2.95. The highest BCUT2D eigenvalue weighted by molar-refractivity contribution is 7.89. The summed E-state index contributed by atoms with van der Waals surface area (Å²) in [4.78, 5) is 36.3. The Balaban J connectivity index is 1.95. The lowest BCUT2D eigenvalue weighted by molar-refractivity contribution is -0.270. The summed E-state index contributed by atoms with van der Waals surface area (Å²) in [6.45, 7) is 5.96. The van der Waals surface area contributed by atoms with Gasteiger partial charge in [0, 0.05) is 44.9 Å². The van der Waals surface area contributed by atoms with Gasteiger partial charge in [0.05, 0.1) is 17.0 Å². The van der Waals surface area contributed by atoms with Crippen LogP contribution in [0.25, 0.3) is 0 Å². The molecular weight excluding hydrogens is 584 g/mol. The SMILES string of the molecule is CC(=O)Nc1ccc(CN(C(=O)[O-])[C@@H](Cc2ccccc2)[C@H](O)CN(CC(C)C)S(=O)(=O)c2ccc(NC(C)=O)cc2)cc1. The molecule has 3 amide bonds. The topological polar surface area (TPSA) is 159 Å². The third-order valence-corrected chi connectivity index (χ3v) is 8.61. The van der Waals surface area contributed by atoms with Crippen molar-refractivity contribution in [3.05, 3.63) is 90.0 Å². The summed E-state index contributed by atoms with van der Waals surface area (Å²) in [5.41, 5.74) is 2.31. The van der Waals surface area contributed by atoms with Crippen LogP contribution < -0.4 is 15.7 Å². The average molecular weight is 624 g/mol. The number of carbonyl (C=O) groups is 3. The maximum absolute atomic E-state index is 13.8. The first kappa shape index (κ1) is 34.2. The van der Waals surface area contributed by atoms with Crippen molar-refractivity contribution in [1.82, 2.24) is 9.21 Å². The predicted octanol–water partition coefficient (Wildman–Crippen LogP) is 3.07. The van der Waals surface area contributed by atoms with Crippen LogP contribution in [-0.2, 0) is 32.6 Å². The lowest BCUT2D eigenvalue weighted by Gasteiger charge is -2.39. The van der Waals surface area contributed by atoms with E-state index in [4.69, 9.17) is 0 Å². The number of benzene rings is 3. The molecule has 0 saturated heterocycles. The van der Waals surface area contributed by atoms with Crippen molar-refractivity contribution in [3.8, 4) is 0 Å². The van der Waals surface area contributed by atoms with E-state index in [1.165, 1.54) is 38.1 Å². The molecule has 0 spiro atoms. The van der Waals surface area contributed by atoms with Crippen LogP contribution in [0.3, 0.4) is 0 Å². The Morgan fingerprint density at radius 3 is 1.80 bits per heavy atom. The zero-order valence-electron chi connectivity index (χ0n) is 25.3. The van der Waals surface area contributed by atoms with Crippen molar-refractivity contribution in [2.75, 3.05) is 23.7 Å². The molecule has 12 heteroatoms. The summed E-state index contributed by atoms with van der Waals surface area (Å²) in [5, 5.41) is 29.4. The summed E-state index contributed by atoms with van der Waals surface area (Å²) >= 11 is 0. The van der Waals surface area contributed by atoms with E-state index in [2.05, 4.69) is 10.6 Å². The van der Waals surface area contributed by atoms with Crippen LogP contribution in [0, 0.1) is 5.92 Å². The minimum atomic E-state index is -4.12. The van der Waals surface area contributed by atoms with E-state index < -0.39 is 28.3 Å². The Morgan fingerprint density at radius 1 is 0.795 bits per heavy atom. The lowest BCUT2D eigenvalue weighted by atomic mass is 9.98. The van der Waals surface area contributed by atoms with Crippen LogP contribution >= 0.6 is 0 Å². The van der Waals surface area contributed by atoms with Crippen LogP contribution in [0.5, 0.6) is 0 Å². The molecule has 3 aromatic carbocycles. The molecule has 44 heavy (non-hydrogen) atoms. The van der Waals surface area contributed by atoms with Gasteiger partial charge in [0.15, 0.2) is 0 Å². The molecule has 3 aromatic rings. The molecule has 0 unspecified atom stereocenters. The standard InChI is InChI=1S/C32H40N4O7S/c1-22(2)19-35(44(42,43)29-16-14-28(15-17-29)34-24(4)38)21-31(39)30(18-25-8-6-5-7-9-25)36(32(40)41)20-26-10-12-27(13-11-26)33-23(3)37/h5-17,22,30-31,39H,18-21H2,1-4H3,(H,33,37)(H,34,38)(H,40,41)/p-1/t30-,31+/m0/s1. The number of anilines is 2. The quantitative estimate of drug-likeness (QED) is 0.249. The molecule has 0 radical (unpaired) electrons. The smallest absolute Gasteiger partial charge is 0.243 e. The Bertz CT molecular complexity index is 1510. The first-order chi connectivity index (χ1) is 20.8. The van der Waals surface area contributed by atoms with Gasteiger partial charge in [-0.05, 0) is 59.9 Å². The molecular formula is C32H39N4O7S-. The van der Waals surface area contributed by atoms with E-state index >= 15 is 0 Å². The molecule has 0 saturated carbocycles. The molecule has 0 fully saturated rings. The van der Waals surface area contributed by atoms with Gasteiger partial charge < -0.3 is 30.5 Å². The molecule has 0 bridgehead atoms. The Hall–Kier alpha value is -4.26. The molecule has 0 heterocycles. The predicted molar refractivity (Wildman–Crippen MR) is 166 cm³/mol. The third-order valence-electron chi connectivity index (χ3n) is 6.77. The van der Waals surface area contributed by atoms with Crippen molar-refractivity contribution >= 4 is 39.3 Å². The van der Waals surface area contributed by atoms with Crippen molar-refractivity contribution in [1.29, 1.82) is 0 Å². The van der Waals surface area contributed by atoms with E-state index in [-0.39, 0.29) is 48.7 Å². The van der Waals surface area contributed by atoms with E-state index in [0.717, 1.165) is 14.8 Å². The minimum Gasteiger partial charge on any atom is -0.530 e. The fraction of sp³-hybridized carbons (Fsp3) is 0.344. The van der Waals surface area contributed by atoms with E-state index in [9.17, 15) is 33.0 Å². The number of nitrogens with zero attached hydrogens (tertiary/aromatic N) is 2. The number of sulfonamides is 1. The molecule has 0 aliphatic heterocycles. The van der Waals surface area contributed by atoms with Gasteiger partial charge in [0.25, 0.3) is 0 Å². The van der Waals surface area contributed by atoms with Crippen LogP contribution in [0.4, 0.5) is 16.2 Å². The number of rotatable bonds is 14. The molecule has 3 rings (SSSR count). The van der Waals surface area contributed by atoms with Gasteiger partial charge in [-0.2, -0.15) is 4.31 Å². The first-order valence-electron chi connectivity index (χ1n) is 14.2. The molecule has 3 N–H and O–H groups in total. The monoisotopic (exact) mass is 623 g/mol. The second kappa shape index (κ2) is 15.5. The highest BCUT2D eigenvalue weighted by atomic mass is 32.2.